The average Bonchev–Trinajstić information content (AvgIpc) is 2.37. The Balaban J connectivity index is 2.30. The molecule has 0 atom stereocenters. The molecule has 0 radical (unpaired) electrons. The molecule has 2 aromatic rings. The second-order valence-electron chi connectivity index (χ2n) is 4.48. The van der Waals surface area contributed by atoms with E-state index in [0.717, 1.165) is 39.9 Å². The Bertz CT molecular complexity index is 584. The molecular formula is C15H17ClN2O. The molecule has 1 aromatic carbocycles. The minimum atomic E-state index is 0.717. The lowest BCUT2D eigenvalue weighted by atomic mass is 10.2. The fraction of sp³-hybridized carbons (Fsp3) is 0.267. The first-order chi connectivity index (χ1) is 9.10. The van der Waals surface area contributed by atoms with Crippen molar-refractivity contribution in [3.05, 3.63) is 52.3 Å². The molecule has 19 heavy (non-hydrogen) atoms. The Labute approximate surface area is 118 Å². The molecule has 0 bridgehead atoms. The van der Waals surface area contributed by atoms with Gasteiger partial charge >= 0.3 is 0 Å². The van der Waals surface area contributed by atoms with E-state index in [9.17, 15) is 0 Å². The summed E-state index contributed by atoms with van der Waals surface area (Å²) in [5.41, 5.74) is 2.96. The van der Waals surface area contributed by atoms with Gasteiger partial charge in [-0.1, -0.05) is 11.6 Å². The zero-order chi connectivity index (χ0) is 13.8. The maximum Gasteiger partial charge on any atom is 0.135 e. The second kappa shape index (κ2) is 6.04. The lowest BCUT2D eigenvalue weighted by Crippen LogP contribution is -2.07. The summed E-state index contributed by atoms with van der Waals surface area (Å²) in [6.07, 6.45) is 1.84. The molecule has 1 aromatic heterocycles. The molecular weight excluding hydrogens is 260 g/mol. The fourth-order valence-corrected chi connectivity index (χ4v) is 1.91. The summed E-state index contributed by atoms with van der Waals surface area (Å²) in [5, 5.41) is 3.85. The van der Waals surface area contributed by atoms with Gasteiger partial charge in [0.2, 0.25) is 0 Å². The molecule has 0 spiro atoms. The number of nitrogens with zero attached hydrogens (tertiary/aromatic N) is 1. The van der Waals surface area contributed by atoms with E-state index in [1.54, 1.807) is 0 Å². The van der Waals surface area contributed by atoms with Crippen molar-refractivity contribution in [2.24, 2.45) is 0 Å². The molecule has 3 nitrogen and oxygen atoms in total. The third kappa shape index (κ3) is 3.46. The summed E-state index contributed by atoms with van der Waals surface area (Å²) in [6, 6.07) is 7.59. The molecule has 0 aliphatic rings. The Morgan fingerprint density at radius 1 is 1.26 bits per heavy atom. The number of rotatable bonds is 4. The molecule has 0 amide bonds. The van der Waals surface area contributed by atoms with Crippen molar-refractivity contribution in [3.63, 3.8) is 0 Å². The molecule has 0 aliphatic carbocycles. The van der Waals surface area contributed by atoms with E-state index in [1.807, 2.05) is 51.4 Å². The van der Waals surface area contributed by atoms with Gasteiger partial charge in [0.05, 0.1) is 0 Å². The van der Waals surface area contributed by atoms with Crippen LogP contribution in [0, 0.1) is 13.8 Å². The third-order valence-corrected chi connectivity index (χ3v) is 3.23. The van der Waals surface area contributed by atoms with Crippen LogP contribution in [0.1, 0.15) is 16.8 Å². The molecule has 0 unspecified atom stereocenters. The number of aryl methyl sites for hydroxylation is 2. The van der Waals surface area contributed by atoms with E-state index in [-0.39, 0.29) is 0 Å². The van der Waals surface area contributed by atoms with Crippen LogP contribution in [-0.4, -0.2) is 12.0 Å². The van der Waals surface area contributed by atoms with Crippen molar-refractivity contribution in [2.75, 3.05) is 7.05 Å². The number of aromatic nitrogens is 1. The highest BCUT2D eigenvalue weighted by atomic mass is 35.5. The zero-order valence-electron chi connectivity index (χ0n) is 11.3. The molecule has 100 valence electrons. The lowest BCUT2D eigenvalue weighted by Gasteiger charge is -2.12. The standard InChI is InChI=1S/C15H17ClN2O/c1-10-6-13(4-5-14(10)16)19-15-7-11(2)18-9-12(15)8-17-3/h4-7,9,17H,8H2,1-3H3. The van der Waals surface area contributed by atoms with Crippen LogP contribution in [0.4, 0.5) is 0 Å². The van der Waals surface area contributed by atoms with Crippen LogP contribution in [0.3, 0.4) is 0 Å². The highest BCUT2D eigenvalue weighted by Crippen LogP contribution is 2.28. The van der Waals surface area contributed by atoms with Crippen molar-refractivity contribution < 1.29 is 4.74 Å². The quantitative estimate of drug-likeness (QED) is 0.921. The average molecular weight is 277 g/mol. The third-order valence-electron chi connectivity index (χ3n) is 2.80. The summed E-state index contributed by atoms with van der Waals surface area (Å²) in [7, 11) is 1.90. The smallest absolute Gasteiger partial charge is 0.135 e. The van der Waals surface area contributed by atoms with E-state index in [1.165, 1.54) is 0 Å². The first-order valence-electron chi connectivity index (χ1n) is 6.14. The molecule has 0 saturated heterocycles. The second-order valence-corrected chi connectivity index (χ2v) is 4.88. The highest BCUT2D eigenvalue weighted by Gasteiger charge is 2.07. The van der Waals surface area contributed by atoms with Gasteiger partial charge in [-0.25, -0.2) is 0 Å². The van der Waals surface area contributed by atoms with Crippen molar-refractivity contribution in [1.29, 1.82) is 0 Å². The molecule has 0 saturated carbocycles. The SMILES string of the molecule is CNCc1cnc(C)cc1Oc1ccc(Cl)c(C)c1. The minimum Gasteiger partial charge on any atom is -0.457 e. The summed E-state index contributed by atoms with van der Waals surface area (Å²) in [6.45, 7) is 4.62. The van der Waals surface area contributed by atoms with E-state index < -0.39 is 0 Å². The predicted molar refractivity (Wildman–Crippen MR) is 78.0 cm³/mol. The number of pyridine rings is 1. The van der Waals surface area contributed by atoms with Gasteiger partial charge in [-0.05, 0) is 44.7 Å². The van der Waals surface area contributed by atoms with Gasteiger partial charge in [-0.3, -0.25) is 4.98 Å². The minimum absolute atomic E-state index is 0.717. The fourth-order valence-electron chi connectivity index (χ4n) is 1.79. The van der Waals surface area contributed by atoms with Gasteiger partial charge in [-0.2, -0.15) is 0 Å². The van der Waals surface area contributed by atoms with Gasteiger partial charge in [0, 0.05) is 35.1 Å². The molecule has 0 fully saturated rings. The molecule has 2 rings (SSSR count). The Hall–Kier alpha value is -1.58. The van der Waals surface area contributed by atoms with Gasteiger partial charge < -0.3 is 10.1 Å². The first kappa shape index (κ1) is 13.8. The number of nitrogens with one attached hydrogen (secondary N) is 1. The van der Waals surface area contributed by atoms with Crippen LogP contribution in [-0.2, 0) is 6.54 Å². The largest absolute Gasteiger partial charge is 0.457 e. The topological polar surface area (TPSA) is 34.2 Å². The van der Waals surface area contributed by atoms with Gasteiger partial charge in [0.25, 0.3) is 0 Å². The summed E-state index contributed by atoms with van der Waals surface area (Å²) in [4.78, 5) is 4.29. The molecule has 4 heteroatoms. The van der Waals surface area contributed by atoms with Crippen molar-refractivity contribution >= 4 is 11.6 Å². The van der Waals surface area contributed by atoms with Crippen LogP contribution < -0.4 is 10.1 Å². The summed E-state index contributed by atoms with van der Waals surface area (Å²) >= 11 is 6.01. The van der Waals surface area contributed by atoms with Gasteiger partial charge in [0.15, 0.2) is 0 Å². The van der Waals surface area contributed by atoms with Gasteiger partial charge in [-0.15, -0.1) is 0 Å². The first-order valence-corrected chi connectivity index (χ1v) is 6.52. The number of hydrogen-bond donors (Lipinski definition) is 1. The number of benzene rings is 1. The van der Waals surface area contributed by atoms with Crippen molar-refractivity contribution in [2.45, 2.75) is 20.4 Å². The zero-order valence-corrected chi connectivity index (χ0v) is 12.1. The molecule has 1 heterocycles. The van der Waals surface area contributed by atoms with E-state index in [4.69, 9.17) is 16.3 Å². The Morgan fingerprint density at radius 2 is 2.05 bits per heavy atom. The Kier molecular flexibility index (Phi) is 4.40. The van der Waals surface area contributed by atoms with Crippen LogP contribution in [0.2, 0.25) is 5.02 Å². The highest BCUT2D eigenvalue weighted by molar-refractivity contribution is 6.31. The van der Waals surface area contributed by atoms with Crippen LogP contribution >= 0.6 is 11.6 Å². The summed E-state index contributed by atoms with van der Waals surface area (Å²) < 4.78 is 5.94. The van der Waals surface area contributed by atoms with Crippen LogP contribution in [0.5, 0.6) is 11.5 Å². The van der Waals surface area contributed by atoms with E-state index >= 15 is 0 Å². The van der Waals surface area contributed by atoms with Gasteiger partial charge in [0.1, 0.15) is 11.5 Å². The number of ether oxygens (including phenoxy) is 1. The molecule has 1 N–H and O–H groups in total. The normalized spacial score (nSPS) is 10.5. The van der Waals surface area contributed by atoms with E-state index in [0.29, 0.717) is 0 Å². The van der Waals surface area contributed by atoms with E-state index in [2.05, 4.69) is 10.3 Å². The maximum absolute atomic E-state index is 6.01. The number of halogens is 1. The van der Waals surface area contributed by atoms with Crippen molar-refractivity contribution in [1.82, 2.24) is 10.3 Å². The maximum atomic E-state index is 6.01. The Morgan fingerprint density at radius 3 is 2.74 bits per heavy atom. The van der Waals surface area contributed by atoms with Crippen LogP contribution in [0.15, 0.2) is 30.5 Å². The molecule has 0 aliphatic heterocycles. The lowest BCUT2D eigenvalue weighted by molar-refractivity contribution is 0.472. The summed E-state index contributed by atoms with van der Waals surface area (Å²) in [5.74, 6) is 1.61. The van der Waals surface area contributed by atoms with Crippen molar-refractivity contribution in [3.8, 4) is 11.5 Å². The number of hydrogen-bond acceptors (Lipinski definition) is 3. The monoisotopic (exact) mass is 276 g/mol. The van der Waals surface area contributed by atoms with Crippen LogP contribution in [0.25, 0.3) is 0 Å². The predicted octanol–water partition coefficient (Wildman–Crippen LogP) is 3.86.